The first-order valence-corrected chi connectivity index (χ1v) is 8.81. The quantitative estimate of drug-likeness (QED) is 0.519. The van der Waals surface area contributed by atoms with Crippen LogP contribution in [0.4, 0.5) is 15.8 Å². The third kappa shape index (κ3) is 4.48. The smallest absolute Gasteiger partial charge is 0.280 e. The van der Waals surface area contributed by atoms with Crippen molar-refractivity contribution in [1.29, 1.82) is 0 Å². The highest BCUT2D eigenvalue weighted by atomic mass is 19.1. The normalized spacial score (nSPS) is 18.0. The van der Waals surface area contributed by atoms with Crippen LogP contribution in [0.3, 0.4) is 0 Å². The van der Waals surface area contributed by atoms with Crippen molar-refractivity contribution in [2.45, 2.75) is 38.2 Å². The summed E-state index contributed by atoms with van der Waals surface area (Å²) in [5.74, 6) is -0.670. The standard InChI is InChI=1S/C19H18FN3O5/c20-14-7-5-13(6-8-14)12-28-21-18-4-2-1-3-16(18)17-10-9-15(22(24)25)11-19(17)23(26)27/h5-11,16H,1-4,12H2/b21-18+/t16-/m1/s1. The predicted octanol–water partition coefficient (Wildman–Crippen LogP) is 4.87. The van der Waals surface area contributed by atoms with Gasteiger partial charge in [-0.3, -0.25) is 20.2 Å². The first-order valence-electron chi connectivity index (χ1n) is 8.81. The van der Waals surface area contributed by atoms with Gasteiger partial charge >= 0.3 is 0 Å². The average Bonchev–Trinajstić information content (AvgIpc) is 2.69. The molecule has 28 heavy (non-hydrogen) atoms. The summed E-state index contributed by atoms with van der Waals surface area (Å²) in [6, 6.07) is 9.53. The highest BCUT2D eigenvalue weighted by Crippen LogP contribution is 2.37. The Morgan fingerprint density at radius 1 is 1.07 bits per heavy atom. The van der Waals surface area contributed by atoms with Crippen LogP contribution in [0.15, 0.2) is 47.6 Å². The van der Waals surface area contributed by atoms with E-state index in [9.17, 15) is 24.6 Å². The van der Waals surface area contributed by atoms with Gasteiger partial charge < -0.3 is 4.84 Å². The number of halogens is 1. The molecule has 0 bridgehead atoms. The first kappa shape index (κ1) is 19.4. The zero-order valence-corrected chi connectivity index (χ0v) is 14.9. The van der Waals surface area contributed by atoms with Crippen molar-refractivity contribution in [3.05, 3.63) is 79.6 Å². The molecule has 1 aliphatic carbocycles. The topological polar surface area (TPSA) is 108 Å². The fourth-order valence-electron chi connectivity index (χ4n) is 3.31. The minimum atomic E-state index is -0.654. The number of hydrogen-bond acceptors (Lipinski definition) is 6. The molecule has 1 atom stereocenters. The van der Waals surface area contributed by atoms with Gasteiger partial charge in [0.2, 0.25) is 0 Å². The third-order valence-corrected chi connectivity index (χ3v) is 4.70. The van der Waals surface area contributed by atoms with Gasteiger partial charge in [-0.15, -0.1) is 0 Å². The van der Waals surface area contributed by atoms with Crippen molar-refractivity contribution in [2.75, 3.05) is 0 Å². The van der Waals surface area contributed by atoms with Crippen LogP contribution in [-0.2, 0) is 11.4 Å². The molecular weight excluding hydrogens is 369 g/mol. The lowest BCUT2D eigenvalue weighted by atomic mass is 9.81. The molecule has 9 heteroatoms. The van der Waals surface area contributed by atoms with Crippen LogP contribution >= 0.6 is 0 Å². The van der Waals surface area contributed by atoms with Gasteiger partial charge in [0.25, 0.3) is 11.4 Å². The molecule has 0 heterocycles. The molecule has 1 aliphatic rings. The van der Waals surface area contributed by atoms with Crippen LogP contribution in [0, 0.1) is 26.0 Å². The predicted molar refractivity (Wildman–Crippen MR) is 99.6 cm³/mol. The largest absolute Gasteiger partial charge is 0.391 e. The number of non-ortho nitro benzene ring substituents is 1. The number of oxime groups is 1. The molecule has 0 N–H and O–H groups in total. The van der Waals surface area contributed by atoms with Gasteiger partial charge in [-0.1, -0.05) is 23.7 Å². The van der Waals surface area contributed by atoms with Gasteiger partial charge in [-0.2, -0.15) is 0 Å². The fraction of sp³-hybridized carbons (Fsp3) is 0.316. The Morgan fingerprint density at radius 3 is 2.50 bits per heavy atom. The zero-order valence-electron chi connectivity index (χ0n) is 14.9. The lowest BCUT2D eigenvalue weighted by Crippen LogP contribution is -2.19. The monoisotopic (exact) mass is 387 g/mol. The molecule has 0 aliphatic heterocycles. The minimum absolute atomic E-state index is 0.152. The Hall–Kier alpha value is -3.36. The Labute approximate surface area is 159 Å². The molecule has 2 aromatic carbocycles. The van der Waals surface area contributed by atoms with Crippen LogP contribution in [0.25, 0.3) is 0 Å². The highest BCUT2D eigenvalue weighted by Gasteiger charge is 2.30. The second-order valence-electron chi connectivity index (χ2n) is 6.54. The lowest BCUT2D eigenvalue weighted by molar-refractivity contribution is -0.394. The molecule has 146 valence electrons. The molecule has 0 saturated heterocycles. The van der Waals surface area contributed by atoms with Crippen LogP contribution in [0.5, 0.6) is 0 Å². The number of rotatable bonds is 6. The van der Waals surface area contributed by atoms with E-state index in [1.165, 1.54) is 24.3 Å². The summed E-state index contributed by atoms with van der Waals surface area (Å²) >= 11 is 0. The van der Waals surface area contributed by atoms with E-state index in [1.807, 2.05) is 0 Å². The molecule has 3 rings (SSSR count). The van der Waals surface area contributed by atoms with E-state index >= 15 is 0 Å². The molecule has 0 amide bonds. The van der Waals surface area contributed by atoms with Crippen molar-refractivity contribution in [2.24, 2.45) is 5.16 Å². The van der Waals surface area contributed by atoms with E-state index in [-0.39, 0.29) is 29.7 Å². The second-order valence-corrected chi connectivity index (χ2v) is 6.54. The molecule has 0 aromatic heterocycles. The van der Waals surface area contributed by atoms with E-state index in [1.54, 1.807) is 12.1 Å². The first-order chi connectivity index (χ1) is 13.5. The third-order valence-electron chi connectivity index (χ3n) is 4.70. The van der Waals surface area contributed by atoms with Crippen molar-refractivity contribution in [3.63, 3.8) is 0 Å². The van der Waals surface area contributed by atoms with Crippen molar-refractivity contribution in [1.82, 2.24) is 0 Å². The number of hydrogen-bond donors (Lipinski definition) is 0. The van der Waals surface area contributed by atoms with Gasteiger partial charge in [0, 0.05) is 17.5 Å². The summed E-state index contributed by atoms with van der Waals surface area (Å²) < 4.78 is 13.0. The summed E-state index contributed by atoms with van der Waals surface area (Å²) in [5, 5.41) is 26.6. The zero-order chi connectivity index (χ0) is 20.1. The Balaban J connectivity index is 1.83. The molecule has 1 saturated carbocycles. The summed E-state index contributed by atoms with van der Waals surface area (Å²) in [5.41, 5.74) is 1.22. The molecule has 0 spiro atoms. The molecule has 0 radical (unpaired) electrons. The number of nitro benzene ring substituents is 2. The number of nitrogens with zero attached hydrogens (tertiary/aromatic N) is 3. The van der Waals surface area contributed by atoms with Crippen molar-refractivity contribution >= 4 is 17.1 Å². The van der Waals surface area contributed by atoms with E-state index in [4.69, 9.17) is 4.84 Å². The molecule has 1 fully saturated rings. The maximum absolute atomic E-state index is 13.0. The molecule has 8 nitrogen and oxygen atoms in total. The van der Waals surface area contributed by atoms with Gasteiger partial charge in [0.15, 0.2) is 0 Å². The molecule has 2 aromatic rings. The second kappa shape index (κ2) is 8.55. The fourth-order valence-corrected chi connectivity index (χ4v) is 3.31. The average molecular weight is 387 g/mol. The Morgan fingerprint density at radius 2 is 1.82 bits per heavy atom. The lowest BCUT2D eigenvalue weighted by Gasteiger charge is -2.23. The Kier molecular flexibility index (Phi) is 5.93. The molecular formula is C19H18FN3O5. The highest BCUT2D eigenvalue weighted by molar-refractivity contribution is 5.92. The summed E-state index contributed by atoms with van der Waals surface area (Å²) in [4.78, 5) is 26.5. The van der Waals surface area contributed by atoms with Gasteiger partial charge in [-0.25, -0.2) is 4.39 Å². The SMILES string of the molecule is O=[N+]([O-])c1ccc([C@H]2CCCC/C2=N\OCc2ccc(F)cc2)c([N+](=O)[O-])c1. The van der Waals surface area contributed by atoms with Gasteiger partial charge in [-0.05, 0) is 43.0 Å². The van der Waals surface area contributed by atoms with Crippen LogP contribution in [-0.4, -0.2) is 15.6 Å². The van der Waals surface area contributed by atoms with E-state index < -0.39 is 9.85 Å². The summed E-state index contributed by atoms with van der Waals surface area (Å²) in [7, 11) is 0. The minimum Gasteiger partial charge on any atom is -0.391 e. The number of nitro groups is 2. The maximum Gasteiger partial charge on any atom is 0.280 e. The molecule has 0 unspecified atom stereocenters. The van der Waals surface area contributed by atoms with Crippen LogP contribution in [0.1, 0.15) is 42.7 Å². The van der Waals surface area contributed by atoms with Crippen LogP contribution in [0.2, 0.25) is 0 Å². The maximum atomic E-state index is 13.0. The Bertz CT molecular complexity index is 914. The summed E-state index contributed by atoms with van der Waals surface area (Å²) in [6.45, 7) is 0.152. The van der Waals surface area contributed by atoms with E-state index in [2.05, 4.69) is 5.16 Å². The van der Waals surface area contributed by atoms with Crippen molar-refractivity contribution in [3.8, 4) is 0 Å². The van der Waals surface area contributed by atoms with Gasteiger partial charge in [0.05, 0.1) is 21.6 Å². The van der Waals surface area contributed by atoms with E-state index in [0.29, 0.717) is 24.1 Å². The number of benzene rings is 2. The van der Waals surface area contributed by atoms with E-state index in [0.717, 1.165) is 24.5 Å². The van der Waals surface area contributed by atoms with Gasteiger partial charge in [0.1, 0.15) is 12.4 Å². The summed E-state index contributed by atoms with van der Waals surface area (Å²) in [6.07, 6.45) is 3.03. The van der Waals surface area contributed by atoms with Crippen molar-refractivity contribution < 1.29 is 19.1 Å². The van der Waals surface area contributed by atoms with Crippen LogP contribution < -0.4 is 0 Å².